The van der Waals surface area contributed by atoms with Crippen molar-refractivity contribution in [3.8, 4) is 28.7 Å². The second kappa shape index (κ2) is 8.69. The van der Waals surface area contributed by atoms with E-state index in [1.165, 1.54) is 0 Å². The summed E-state index contributed by atoms with van der Waals surface area (Å²) >= 11 is 6.27. The maximum absolute atomic E-state index is 10.9. The van der Waals surface area contributed by atoms with Crippen LogP contribution in [0.1, 0.15) is 26.0 Å². The molecule has 158 valence electrons. The van der Waals surface area contributed by atoms with Crippen LogP contribution < -0.4 is 4.74 Å². The van der Waals surface area contributed by atoms with Crippen LogP contribution in [0.2, 0.25) is 5.02 Å². The average molecular weight is 439 g/mol. The minimum Gasteiger partial charge on any atom is -0.481 e. The number of rotatable bonds is 7. The Bertz CT molecular complexity index is 1260. The monoisotopic (exact) mass is 438 g/mol. The number of halogens is 1. The highest BCUT2D eigenvalue weighted by atomic mass is 35.5. The van der Waals surface area contributed by atoms with E-state index in [0.717, 1.165) is 16.3 Å². The van der Waals surface area contributed by atoms with E-state index < -0.39 is 5.97 Å². The van der Waals surface area contributed by atoms with Gasteiger partial charge in [-0.15, -0.1) is 0 Å². The van der Waals surface area contributed by atoms with Crippen molar-refractivity contribution in [3.63, 3.8) is 0 Å². The number of fused-ring (bicyclic) bond motifs is 1. The minimum atomic E-state index is -0.866. The van der Waals surface area contributed by atoms with E-state index >= 15 is 0 Å². The highest BCUT2D eigenvalue weighted by Crippen LogP contribution is 2.32. The van der Waals surface area contributed by atoms with Gasteiger partial charge in [0, 0.05) is 35.5 Å². The SMILES string of the molecule is CC(C)Oc1ncc(-c2nc(-c3cccc4c(CCC(=O)O)nccc34)no2)cc1Cl. The van der Waals surface area contributed by atoms with Gasteiger partial charge in [-0.1, -0.05) is 35.0 Å². The zero-order valence-electron chi connectivity index (χ0n) is 16.9. The van der Waals surface area contributed by atoms with Crippen LogP contribution in [0.3, 0.4) is 0 Å². The molecule has 0 fully saturated rings. The summed E-state index contributed by atoms with van der Waals surface area (Å²) in [7, 11) is 0. The molecule has 0 aliphatic heterocycles. The summed E-state index contributed by atoms with van der Waals surface area (Å²) < 4.78 is 11.0. The van der Waals surface area contributed by atoms with Crippen LogP contribution in [-0.2, 0) is 11.2 Å². The third-order valence-corrected chi connectivity index (χ3v) is 4.80. The van der Waals surface area contributed by atoms with Crippen molar-refractivity contribution >= 4 is 28.3 Å². The van der Waals surface area contributed by atoms with E-state index in [0.29, 0.717) is 34.4 Å². The van der Waals surface area contributed by atoms with Crippen LogP contribution in [0, 0.1) is 0 Å². The molecule has 0 atom stereocenters. The van der Waals surface area contributed by atoms with Crippen molar-refractivity contribution in [1.82, 2.24) is 20.1 Å². The Balaban J connectivity index is 1.69. The van der Waals surface area contributed by atoms with Crippen molar-refractivity contribution in [2.75, 3.05) is 0 Å². The first-order valence-electron chi connectivity index (χ1n) is 9.67. The van der Waals surface area contributed by atoms with Gasteiger partial charge < -0.3 is 14.4 Å². The molecule has 1 N–H and O–H groups in total. The summed E-state index contributed by atoms with van der Waals surface area (Å²) in [6.07, 6.45) is 3.52. The molecule has 0 unspecified atom stereocenters. The van der Waals surface area contributed by atoms with Crippen molar-refractivity contribution in [1.29, 1.82) is 0 Å². The highest BCUT2D eigenvalue weighted by molar-refractivity contribution is 6.32. The summed E-state index contributed by atoms with van der Waals surface area (Å²) in [6, 6.07) is 9.15. The maximum atomic E-state index is 10.9. The molecule has 31 heavy (non-hydrogen) atoms. The Morgan fingerprint density at radius 3 is 2.81 bits per heavy atom. The van der Waals surface area contributed by atoms with Crippen molar-refractivity contribution in [2.24, 2.45) is 0 Å². The van der Waals surface area contributed by atoms with Gasteiger partial charge in [-0.3, -0.25) is 9.78 Å². The number of carbonyl (C=O) groups is 1. The quantitative estimate of drug-likeness (QED) is 0.437. The van der Waals surface area contributed by atoms with Gasteiger partial charge >= 0.3 is 5.97 Å². The predicted octanol–water partition coefficient (Wildman–Crippen LogP) is 4.80. The van der Waals surface area contributed by atoms with Gasteiger partial charge in [0.25, 0.3) is 5.89 Å². The molecule has 0 aliphatic carbocycles. The first-order chi connectivity index (χ1) is 14.9. The Labute approximate surface area is 182 Å². The molecule has 1 aromatic carbocycles. The molecule has 0 aliphatic rings. The number of benzene rings is 1. The zero-order valence-corrected chi connectivity index (χ0v) is 17.6. The Morgan fingerprint density at radius 1 is 1.23 bits per heavy atom. The van der Waals surface area contributed by atoms with Gasteiger partial charge in [0.2, 0.25) is 11.7 Å². The second-order valence-electron chi connectivity index (χ2n) is 7.15. The Kier molecular flexibility index (Phi) is 5.81. The lowest BCUT2D eigenvalue weighted by Crippen LogP contribution is -2.07. The van der Waals surface area contributed by atoms with Crippen LogP contribution in [0.4, 0.5) is 0 Å². The summed E-state index contributed by atoms with van der Waals surface area (Å²) in [5.74, 6) is 0.151. The standard InChI is InChI=1S/C22H19ClN4O4/c1-12(2)30-22-17(23)10-13(11-25-22)21-26-20(27-31-21)16-5-3-4-15-14(16)8-9-24-18(15)6-7-19(28)29/h3-5,8-12H,6-7H2,1-2H3,(H,28,29). The third kappa shape index (κ3) is 4.49. The van der Waals surface area contributed by atoms with E-state index in [1.807, 2.05) is 38.1 Å². The molecule has 3 aromatic heterocycles. The highest BCUT2D eigenvalue weighted by Gasteiger charge is 2.16. The van der Waals surface area contributed by atoms with Crippen molar-refractivity contribution < 1.29 is 19.2 Å². The molecule has 3 heterocycles. The Morgan fingerprint density at radius 2 is 2.06 bits per heavy atom. The van der Waals surface area contributed by atoms with Gasteiger partial charge in [-0.25, -0.2) is 4.98 Å². The average Bonchev–Trinajstić information content (AvgIpc) is 3.23. The van der Waals surface area contributed by atoms with E-state index in [2.05, 4.69) is 20.1 Å². The van der Waals surface area contributed by atoms with Gasteiger partial charge in [-0.2, -0.15) is 4.98 Å². The van der Waals surface area contributed by atoms with Crippen LogP contribution in [0.5, 0.6) is 5.88 Å². The normalized spacial score (nSPS) is 11.2. The zero-order chi connectivity index (χ0) is 22.0. The number of aryl methyl sites for hydroxylation is 1. The van der Waals surface area contributed by atoms with Gasteiger partial charge in [0.05, 0.1) is 18.1 Å². The van der Waals surface area contributed by atoms with Crippen LogP contribution in [0.15, 0.2) is 47.2 Å². The van der Waals surface area contributed by atoms with Crippen LogP contribution in [-0.4, -0.2) is 37.3 Å². The number of aliphatic carboxylic acids is 1. The van der Waals surface area contributed by atoms with E-state index in [4.69, 9.17) is 26.0 Å². The van der Waals surface area contributed by atoms with Gasteiger partial charge in [0.1, 0.15) is 5.02 Å². The number of pyridine rings is 2. The summed E-state index contributed by atoms with van der Waals surface area (Å²) in [4.78, 5) is 24.0. The molecular formula is C22H19ClN4O4. The van der Waals surface area contributed by atoms with Gasteiger partial charge in [0.15, 0.2) is 0 Å². The number of aromatic nitrogens is 4. The number of hydrogen-bond donors (Lipinski definition) is 1. The number of ether oxygens (including phenoxy) is 1. The fourth-order valence-electron chi connectivity index (χ4n) is 3.19. The predicted molar refractivity (Wildman–Crippen MR) is 115 cm³/mol. The smallest absolute Gasteiger partial charge is 0.303 e. The fourth-order valence-corrected chi connectivity index (χ4v) is 3.40. The molecule has 0 saturated heterocycles. The lowest BCUT2D eigenvalue weighted by Gasteiger charge is -2.09. The lowest BCUT2D eigenvalue weighted by atomic mass is 10.0. The Hall–Kier alpha value is -3.52. The summed E-state index contributed by atoms with van der Waals surface area (Å²) in [5, 5.41) is 15.2. The summed E-state index contributed by atoms with van der Waals surface area (Å²) in [5.41, 5.74) is 2.04. The molecule has 8 nitrogen and oxygen atoms in total. The lowest BCUT2D eigenvalue weighted by molar-refractivity contribution is -0.136. The van der Waals surface area contributed by atoms with E-state index in [-0.39, 0.29) is 18.4 Å². The first-order valence-corrected chi connectivity index (χ1v) is 10.0. The van der Waals surface area contributed by atoms with Crippen molar-refractivity contribution in [3.05, 3.63) is 53.4 Å². The summed E-state index contributed by atoms with van der Waals surface area (Å²) in [6.45, 7) is 3.78. The first kappa shape index (κ1) is 20.7. The van der Waals surface area contributed by atoms with Crippen molar-refractivity contribution in [2.45, 2.75) is 32.8 Å². The molecule has 0 bridgehead atoms. The van der Waals surface area contributed by atoms with E-state index in [9.17, 15) is 4.79 Å². The second-order valence-corrected chi connectivity index (χ2v) is 7.56. The maximum Gasteiger partial charge on any atom is 0.303 e. The third-order valence-electron chi connectivity index (χ3n) is 4.53. The molecule has 0 amide bonds. The largest absolute Gasteiger partial charge is 0.481 e. The number of carboxylic acid groups (broad SMARTS) is 1. The molecule has 0 spiro atoms. The number of hydrogen-bond acceptors (Lipinski definition) is 7. The van der Waals surface area contributed by atoms with Crippen LogP contribution in [0.25, 0.3) is 33.6 Å². The topological polar surface area (TPSA) is 111 Å². The molecule has 4 rings (SSSR count). The van der Waals surface area contributed by atoms with Gasteiger partial charge in [-0.05, 0) is 31.4 Å². The molecule has 9 heteroatoms. The molecular weight excluding hydrogens is 420 g/mol. The number of carboxylic acids is 1. The van der Waals surface area contributed by atoms with E-state index in [1.54, 1.807) is 18.5 Å². The minimum absolute atomic E-state index is 0.00692. The molecule has 0 saturated carbocycles. The molecule has 4 aromatic rings. The fraction of sp³-hybridized carbons (Fsp3) is 0.227. The number of nitrogens with zero attached hydrogens (tertiary/aromatic N) is 4. The van der Waals surface area contributed by atoms with Crippen LogP contribution >= 0.6 is 11.6 Å². The molecule has 0 radical (unpaired) electrons.